The summed E-state index contributed by atoms with van der Waals surface area (Å²) in [6.07, 6.45) is 0.924. The van der Waals surface area contributed by atoms with Crippen molar-refractivity contribution in [2.24, 2.45) is 0 Å². The number of nitrogens with zero attached hydrogens (tertiary/aromatic N) is 1. The van der Waals surface area contributed by atoms with Gasteiger partial charge in [-0.15, -0.1) is 0 Å². The number of rotatable bonds is 5. The van der Waals surface area contributed by atoms with Gasteiger partial charge in [0.2, 0.25) is 11.8 Å². The van der Waals surface area contributed by atoms with Crippen LogP contribution in [0.25, 0.3) is 0 Å². The maximum Gasteiger partial charge on any atom is 0.409 e. The number of nitrogens with one attached hydrogen (secondary N) is 2. The van der Waals surface area contributed by atoms with Crippen LogP contribution in [0.15, 0.2) is 24.3 Å². The first-order valence-corrected chi connectivity index (χ1v) is 8.11. The summed E-state index contributed by atoms with van der Waals surface area (Å²) in [5.41, 5.74) is 0.549. The zero-order valence-electron chi connectivity index (χ0n) is 14.1. The van der Waals surface area contributed by atoms with Gasteiger partial charge in [0.25, 0.3) is 0 Å². The minimum atomic E-state index is -0.402. The molecule has 0 spiro atoms. The number of ether oxygens (including phenoxy) is 1. The number of hydrogen-bond donors (Lipinski definition) is 2. The highest BCUT2D eigenvalue weighted by atomic mass is 19.1. The Kier molecular flexibility index (Phi) is 6.73. The Bertz CT molecular complexity index is 630. The van der Waals surface area contributed by atoms with Crippen LogP contribution in [0.4, 0.5) is 9.18 Å². The van der Waals surface area contributed by atoms with E-state index in [2.05, 4.69) is 15.4 Å². The number of methoxy groups -OCH3 is 1. The summed E-state index contributed by atoms with van der Waals surface area (Å²) in [6.45, 7) is 0.901. The molecule has 0 aromatic heterocycles. The van der Waals surface area contributed by atoms with Crippen LogP contribution in [0.1, 0.15) is 18.4 Å². The summed E-state index contributed by atoms with van der Waals surface area (Å²) in [7, 11) is 1.34. The number of likely N-dealkylation sites (tertiary alicyclic amines) is 1. The Morgan fingerprint density at radius 2 is 1.96 bits per heavy atom. The average Bonchev–Trinajstić information content (AvgIpc) is 2.60. The van der Waals surface area contributed by atoms with Crippen LogP contribution in [0.2, 0.25) is 0 Å². The van der Waals surface area contributed by atoms with Crippen LogP contribution < -0.4 is 10.6 Å². The molecule has 1 saturated heterocycles. The maximum atomic E-state index is 13.1. The highest BCUT2D eigenvalue weighted by Gasteiger charge is 2.24. The van der Waals surface area contributed by atoms with Gasteiger partial charge in [0, 0.05) is 19.1 Å². The van der Waals surface area contributed by atoms with E-state index in [1.54, 1.807) is 11.0 Å². The van der Waals surface area contributed by atoms with Crippen molar-refractivity contribution in [3.05, 3.63) is 35.6 Å². The second kappa shape index (κ2) is 9.00. The monoisotopic (exact) mass is 351 g/mol. The van der Waals surface area contributed by atoms with Gasteiger partial charge in [-0.05, 0) is 30.5 Å². The molecule has 1 aromatic rings. The molecule has 1 aliphatic rings. The van der Waals surface area contributed by atoms with E-state index in [0.29, 0.717) is 31.5 Å². The summed E-state index contributed by atoms with van der Waals surface area (Å²) in [4.78, 5) is 36.7. The van der Waals surface area contributed by atoms with E-state index < -0.39 is 5.82 Å². The molecule has 25 heavy (non-hydrogen) atoms. The second-order valence-corrected chi connectivity index (χ2v) is 5.88. The van der Waals surface area contributed by atoms with Crippen molar-refractivity contribution in [3.8, 4) is 0 Å². The Morgan fingerprint density at radius 1 is 1.24 bits per heavy atom. The summed E-state index contributed by atoms with van der Waals surface area (Å²) in [5.74, 6) is -1.04. The summed E-state index contributed by atoms with van der Waals surface area (Å²) in [5, 5.41) is 5.35. The van der Waals surface area contributed by atoms with Gasteiger partial charge in [0.05, 0.1) is 20.1 Å². The van der Waals surface area contributed by atoms with Crippen molar-refractivity contribution in [1.29, 1.82) is 0 Å². The van der Waals surface area contributed by atoms with Crippen molar-refractivity contribution < 1.29 is 23.5 Å². The molecule has 0 radical (unpaired) electrons. The number of carbonyl (C=O) groups excluding carboxylic acids is 3. The molecular formula is C17H22FN3O4. The van der Waals surface area contributed by atoms with Gasteiger partial charge in [-0.3, -0.25) is 9.59 Å². The molecule has 8 heteroatoms. The van der Waals surface area contributed by atoms with Crippen LogP contribution in [-0.4, -0.2) is 55.6 Å². The lowest BCUT2D eigenvalue weighted by Gasteiger charge is -2.31. The first kappa shape index (κ1) is 18.7. The number of amides is 3. The van der Waals surface area contributed by atoms with E-state index in [0.717, 1.165) is 0 Å². The molecule has 1 fully saturated rings. The van der Waals surface area contributed by atoms with Gasteiger partial charge in [0.1, 0.15) is 5.82 Å². The third-order valence-corrected chi connectivity index (χ3v) is 3.99. The van der Waals surface area contributed by atoms with Crippen molar-refractivity contribution in [3.63, 3.8) is 0 Å². The zero-order chi connectivity index (χ0) is 18.2. The fraction of sp³-hybridized carbons (Fsp3) is 0.471. The highest BCUT2D eigenvalue weighted by molar-refractivity contribution is 5.85. The molecule has 1 aliphatic heterocycles. The smallest absolute Gasteiger partial charge is 0.409 e. The predicted octanol–water partition coefficient (Wildman–Crippen LogP) is 0.831. The molecule has 3 amide bonds. The molecule has 0 aliphatic carbocycles. The van der Waals surface area contributed by atoms with Gasteiger partial charge < -0.3 is 20.3 Å². The van der Waals surface area contributed by atoms with E-state index in [-0.39, 0.29) is 36.9 Å². The number of piperidine rings is 1. The molecule has 0 bridgehead atoms. The molecule has 2 rings (SSSR count). The van der Waals surface area contributed by atoms with E-state index in [9.17, 15) is 18.8 Å². The highest BCUT2D eigenvalue weighted by Crippen LogP contribution is 2.11. The molecule has 0 atom stereocenters. The SMILES string of the molecule is COC(=O)N1CCC(NC(=O)CNC(=O)Cc2cccc(F)c2)CC1. The van der Waals surface area contributed by atoms with E-state index in [1.165, 1.54) is 25.3 Å². The zero-order valence-corrected chi connectivity index (χ0v) is 14.1. The van der Waals surface area contributed by atoms with Crippen LogP contribution >= 0.6 is 0 Å². The van der Waals surface area contributed by atoms with Crippen LogP contribution in [-0.2, 0) is 20.7 Å². The lowest BCUT2D eigenvalue weighted by atomic mass is 10.1. The Balaban J connectivity index is 1.67. The van der Waals surface area contributed by atoms with Gasteiger partial charge in [-0.1, -0.05) is 12.1 Å². The van der Waals surface area contributed by atoms with Crippen molar-refractivity contribution in [1.82, 2.24) is 15.5 Å². The molecule has 1 aromatic carbocycles. The number of hydrogen-bond acceptors (Lipinski definition) is 4. The Labute approximate surface area is 145 Å². The van der Waals surface area contributed by atoms with Crippen LogP contribution in [0, 0.1) is 5.82 Å². The second-order valence-electron chi connectivity index (χ2n) is 5.88. The Morgan fingerprint density at radius 3 is 2.60 bits per heavy atom. The molecule has 0 unspecified atom stereocenters. The van der Waals surface area contributed by atoms with E-state index >= 15 is 0 Å². The standard InChI is InChI=1S/C17H22FN3O4/c1-25-17(24)21-7-5-14(6-8-21)20-16(23)11-19-15(22)10-12-3-2-4-13(18)9-12/h2-4,9,14H,5-8,10-11H2,1H3,(H,19,22)(H,20,23). The van der Waals surface area contributed by atoms with Gasteiger partial charge in [-0.25, -0.2) is 9.18 Å². The topological polar surface area (TPSA) is 87.7 Å². The minimum Gasteiger partial charge on any atom is -0.453 e. The maximum absolute atomic E-state index is 13.1. The molecule has 2 N–H and O–H groups in total. The van der Waals surface area contributed by atoms with Crippen molar-refractivity contribution in [2.45, 2.75) is 25.3 Å². The predicted molar refractivity (Wildman–Crippen MR) is 88.3 cm³/mol. The summed E-state index contributed by atoms with van der Waals surface area (Å²) < 4.78 is 17.7. The van der Waals surface area contributed by atoms with E-state index in [1.807, 2.05) is 0 Å². The van der Waals surface area contributed by atoms with Gasteiger partial charge in [-0.2, -0.15) is 0 Å². The average molecular weight is 351 g/mol. The van der Waals surface area contributed by atoms with E-state index in [4.69, 9.17) is 0 Å². The first-order valence-electron chi connectivity index (χ1n) is 8.11. The molecular weight excluding hydrogens is 329 g/mol. The first-order chi connectivity index (χ1) is 12.0. The molecule has 0 saturated carbocycles. The lowest BCUT2D eigenvalue weighted by Crippen LogP contribution is -2.48. The summed E-state index contributed by atoms with van der Waals surface area (Å²) >= 11 is 0. The number of halogens is 1. The summed E-state index contributed by atoms with van der Waals surface area (Å²) in [6, 6.07) is 5.74. The van der Waals surface area contributed by atoms with Gasteiger partial charge >= 0.3 is 6.09 Å². The number of benzene rings is 1. The minimum absolute atomic E-state index is 0.0164. The third-order valence-electron chi connectivity index (χ3n) is 3.99. The van der Waals surface area contributed by atoms with Crippen LogP contribution in [0.5, 0.6) is 0 Å². The molecule has 1 heterocycles. The fourth-order valence-electron chi connectivity index (χ4n) is 2.69. The van der Waals surface area contributed by atoms with Gasteiger partial charge in [0.15, 0.2) is 0 Å². The quantitative estimate of drug-likeness (QED) is 0.823. The molecule has 136 valence electrons. The van der Waals surface area contributed by atoms with Crippen molar-refractivity contribution >= 4 is 17.9 Å². The third kappa shape index (κ3) is 6.06. The fourth-order valence-corrected chi connectivity index (χ4v) is 2.69. The molecule has 7 nitrogen and oxygen atoms in total. The van der Waals surface area contributed by atoms with Crippen molar-refractivity contribution in [2.75, 3.05) is 26.7 Å². The number of carbonyl (C=O) groups is 3. The Hall–Kier alpha value is -2.64. The van der Waals surface area contributed by atoms with Crippen LogP contribution in [0.3, 0.4) is 0 Å². The largest absolute Gasteiger partial charge is 0.453 e. The normalized spacial score (nSPS) is 14.7. The lowest BCUT2D eigenvalue weighted by molar-refractivity contribution is -0.126.